The smallest absolute Gasteiger partial charge is 0.879 e. The largest absolute Gasteiger partial charge is 2.00 e. The van der Waals surface area contributed by atoms with Crippen molar-refractivity contribution in [3.05, 3.63) is 0 Å². The maximum atomic E-state index is 8.42. The van der Waals surface area contributed by atoms with Crippen molar-refractivity contribution in [3.8, 4) is 0 Å². The van der Waals surface area contributed by atoms with Gasteiger partial charge in [-0.2, -0.15) is 0 Å². The fourth-order valence-electron chi connectivity index (χ4n) is 0. The van der Waals surface area contributed by atoms with Crippen molar-refractivity contribution in [2.45, 2.75) is 13.0 Å². The molecule has 0 aromatic heterocycles. The van der Waals surface area contributed by atoms with Crippen molar-refractivity contribution in [1.29, 1.82) is 0 Å². The van der Waals surface area contributed by atoms with Gasteiger partial charge in [-0.1, -0.05) is 0 Å². The zero-order chi connectivity index (χ0) is 7.15. The van der Waals surface area contributed by atoms with Crippen LogP contribution < -0.4 is 30.6 Å². The average molecular weight is 299 g/mol. The molecule has 0 bridgehead atoms. The van der Waals surface area contributed by atoms with E-state index in [-0.39, 0.29) is 50.3 Å². The molecule has 0 heterocycles. The van der Waals surface area contributed by atoms with Crippen molar-refractivity contribution >= 4 is 0 Å². The molecule has 0 rings (SSSR count). The van der Waals surface area contributed by atoms with Gasteiger partial charge in [-0.3, -0.25) is 0 Å². The molecule has 0 atom stereocenters. The maximum absolute atomic E-state index is 8.42. The molecule has 0 aliphatic rings. The summed E-state index contributed by atoms with van der Waals surface area (Å²) >= 11 is 0. The normalized spacial score (nSPS) is 6.55. The minimum atomic E-state index is -2.92. The molecule has 0 aliphatic carbocycles. The van der Waals surface area contributed by atoms with Crippen molar-refractivity contribution < 1.29 is 81.0 Å². The Bertz CT molecular complexity index is 31.3. The first-order valence-electron chi connectivity index (χ1n) is 1.41. The summed E-state index contributed by atoms with van der Waals surface area (Å²) in [6.07, 6.45) is 0. The third-order valence-corrected chi connectivity index (χ3v) is 0. The van der Waals surface area contributed by atoms with E-state index in [4.69, 9.17) is 30.6 Å². The van der Waals surface area contributed by atoms with Crippen LogP contribution in [0.15, 0.2) is 0 Å². The van der Waals surface area contributed by atoms with Crippen molar-refractivity contribution in [1.82, 2.24) is 0 Å². The van der Waals surface area contributed by atoms with Gasteiger partial charge in [0.15, 0.2) is 0 Å². The molecule has 9 heteroatoms. The third kappa shape index (κ3) is 593. The molecular formula is C2H2Co3O6. The third-order valence-electron chi connectivity index (χ3n) is 0. The minimum absolute atomic E-state index is 0. The standard InChI is InChI=1S/2CHO3.3Co/c2*2-1(3)4;;;/h2*1H;;;/q2*-3;3*+2. The first-order chi connectivity index (χ1) is 3.46. The Morgan fingerprint density at radius 1 is 0.455 bits per heavy atom. The molecule has 6 nitrogen and oxygen atoms in total. The van der Waals surface area contributed by atoms with Crippen molar-refractivity contribution in [2.75, 3.05) is 0 Å². The van der Waals surface area contributed by atoms with Crippen LogP contribution in [0.3, 0.4) is 0 Å². The second kappa shape index (κ2) is 22.5. The molecule has 0 amide bonds. The SMILES string of the molecule is [Co+2].[Co+2].[Co+2].[O-]C([O-])[O-].[O-]C([O-])[O-]. The molecule has 0 aromatic carbocycles. The predicted molar refractivity (Wildman–Crippen MR) is 7.58 cm³/mol. The van der Waals surface area contributed by atoms with Gasteiger partial charge in [-0.05, 0) is 0 Å². The van der Waals surface area contributed by atoms with Crippen LogP contribution >= 0.6 is 0 Å². The van der Waals surface area contributed by atoms with E-state index in [0.29, 0.717) is 0 Å². The monoisotopic (exact) mass is 299 g/mol. The summed E-state index contributed by atoms with van der Waals surface area (Å²) in [4.78, 5) is 0. The molecular weight excluding hydrogens is 297 g/mol. The summed E-state index contributed by atoms with van der Waals surface area (Å²) in [5, 5.41) is 50.5. The number of rotatable bonds is 0. The van der Waals surface area contributed by atoms with Gasteiger partial charge in [0, 0.05) is 0 Å². The Balaban J connectivity index is -0.0000000171. The van der Waals surface area contributed by atoms with E-state index in [1.165, 1.54) is 0 Å². The van der Waals surface area contributed by atoms with Crippen LogP contribution in [0, 0.1) is 0 Å². The van der Waals surface area contributed by atoms with Gasteiger partial charge in [0.05, 0.1) is 0 Å². The van der Waals surface area contributed by atoms with Gasteiger partial charge in [0.25, 0.3) is 0 Å². The quantitative estimate of drug-likeness (QED) is 0.407. The molecule has 0 aromatic rings. The van der Waals surface area contributed by atoms with Gasteiger partial charge < -0.3 is 43.6 Å². The minimum Gasteiger partial charge on any atom is -0.879 e. The van der Waals surface area contributed by atoms with E-state index in [2.05, 4.69) is 0 Å². The Labute approximate surface area is 93.8 Å². The molecule has 0 aliphatic heterocycles. The zero-order valence-corrected chi connectivity index (χ0v) is 7.73. The van der Waals surface area contributed by atoms with Crippen molar-refractivity contribution in [2.24, 2.45) is 0 Å². The molecule has 0 unspecified atom stereocenters. The Hall–Kier alpha value is 1.28. The Morgan fingerprint density at radius 3 is 0.455 bits per heavy atom. The van der Waals surface area contributed by atoms with Gasteiger partial charge >= 0.3 is 50.3 Å². The summed E-state index contributed by atoms with van der Waals surface area (Å²) < 4.78 is 0. The summed E-state index contributed by atoms with van der Waals surface area (Å²) in [5.41, 5.74) is 0. The van der Waals surface area contributed by atoms with Gasteiger partial charge in [-0.25, -0.2) is 0 Å². The molecule has 0 saturated carbocycles. The molecule has 0 saturated heterocycles. The van der Waals surface area contributed by atoms with E-state index in [1.807, 2.05) is 0 Å². The van der Waals surface area contributed by atoms with Crippen LogP contribution in [0.1, 0.15) is 0 Å². The second-order valence-electron chi connectivity index (χ2n) is 0.577. The second-order valence-corrected chi connectivity index (χ2v) is 0.577. The summed E-state index contributed by atoms with van der Waals surface area (Å²) in [7, 11) is 0. The molecule has 3 radical (unpaired) electrons. The predicted octanol–water partition coefficient (Wildman–Crippen LogP) is -7.31. The topological polar surface area (TPSA) is 138 Å². The number of hydrogen-bond acceptors (Lipinski definition) is 6. The molecule has 0 N–H and O–H groups in total. The summed E-state index contributed by atoms with van der Waals surface area (Å²) in [6, 6.07) is 0. The Morgan fingerprint density at radius 2 is 0.455 bits per heavy atom. The van der Waals surface area contributed by atoms with Gasteiger partial charge in [-0.15, -0.1) is 0 Å². The molecule has 0 spiro atoms. The fourth-order valence-corrected chi connectivity index (χ4v) is 0. The van der Waals surface area contributed by atoms with Crippen LogP contribution in [0.25, 0.3) is 0 Å². The van der Waals surface area contributed by atoms with Crippen LogP contribution in [0.4, 0.5) is 0 Å². The van der Waals surface area contributed by atoms with E-state index in [9.17, 15) is 0 Å². The summed E-state index contributed by atoms with van der Waals surface area (Å²) in [6.45, 7) is -5.83. The maximum Gasteiger partial charge on any atom is 2.00 e. The fraction of sp³-hybridized carbons (Fsp3) is 1.00. The van der Waals surface area contributed by atoms with E-state index in [0.717, 1.165) is 0 Å². The average Bonchev–Trinajstić information content (AvgIpc) is 1.25. The van der Waals surface area contributed by atoms with E-state index >= 15 is 0 Å². The molecule has 73 valence electrons. The Kier molecular flexibility index (Phi) is 60.3. The molecule has 11 heavy (non-hydrogen) atoms. The van der Waals surface area contributed by atoms with Crippen LogP contribution in [0.2, 0.25) is 0 Å². The first-order valence-corrected chi connectivity index (χ1v) is 1.41. The van der Waals surface area contributed by atoms with Crippen LogP contribution in [-0.4, -0.2) is 13.0 Å². The van der Waals surface area contributed by atoms with E-state index < -0.39 is 13.0 Å². The summed E-state index contributed by atoms with van der Waals surface area (Å²) in [5.74, 6) is 0. The first kappa shape index (κ1) is 29.5. The molecule has 0 fully saturated rings. The van der Waals surface area contributed by atoms with Gasteiger partial charge in [0.1, 0.15) is 0 Å². The van der Waals surface area contributed by atoms with Gasteiger partial charge in [0.2, 0.25) is 0 Å². The van der Waals surface area contributed by atoms with E-state index in [1.54, 1.807) is 0 Å². The zero-order valence-electron chi connectivity index (χ0n) is 4.60. The van der Waals surface area contributed by atoms with Crippen molar-refractivity contribution in [3.63, 3.8) is 0 Å². The number of hydrogen-bond donors (Lipinski definition) is 0. The van der Waals surface area contributed by atoms with Crippen LogP contribution in [0.5, 0.6) is 0 Å². The van der Waals surface area contributed by atoms with Crippen LogP contribution in [-0.2, 0) is 50.3 Å².